The molecular formula is C22H22N4O. The monoisotopic (exact) mass is 358 g/mol. The van der Waals surface area contributed by atoms with Crippen molar-refractivity contribution in [3.8, 4) is 11.3 Å². The summed E-state index contributed by atoms with van der Waals surface area (Å²) in [4.78, 5) is 18.9. The third-order valence-electron chi connectivity index (χ3n) is 5.38. The van der Waals surface area contributed by atoms with Gasteiger partial charge in [0.15, 0.2) is 0 Å². The first-order chi connectivity index (χ1) is 13.3. The molecule has 1 unspecified atom stereocenters. The van der Waals surface area contributed by atoms with Gasteiger partial charge in [-0.05, 0) is 54.2 Å². The van der Waals surface area contributed by atoms with E-state index in [0.29, 0.717) is 11.6 Å². The quantitative estimate of drug-likeness (QED) is 0.453. The van der Waals surface area contributed by atoms with Crippen molar-refractivity contribution >= 4 is 21.8 Å². The van der Waals surface area contributed by atoms with Crippen LogP contribution >= 0.6 is 0 Å². The van der Waals surface area contributed by atoms with Gasteiger partial charge in [0, 0.05) is 35.6 Å². The molecule has 4 N–H and O–H groups in total. The first-order valence-electron chi connectivity index (χ1n) is 9.44. The smallest absolute Gasteiger partial charge is 0.257 e. The van der Waals surface area contributed by atoms with Crippen LogP contribution in [0.4, 0.5) is 0 Å². The van der Waals surface area contributed by atoms with Crippen molar-refractivity contribution in [2.75, 3.05) is 13.1 Å². The summed E-state index contributed by atoms with van der Waals surface area (Å²) in [7, 11) is 0. The highest BCUT2D eigenvalue weighted by atomic mass is 16.1. The van der Waals surface area contributed by atoms with Gasteiger partial charge in [0.2, 0.25) is 0 Å². The number of pyridine rings is 1. The van der Waals surface area contributed by atoms with E-state index in [-0.39, 0.29) is 5.56 Å². The summed E-state index contributed by atoms with van der Waals surface area (Å²) in [5, 5.41) is 9.14. The van der Waals surface area contributed by atoms with E-state index in [1.807, 2.05) is 30.3 Å². The summed E-state index contributed by atoms with van der Waals surface area (Å²) >= 11 is 0. The highest BCUT2D eigenvalue weighted by Gasteiger charge is 2.13. The van der Waals surface area contributed by atoms with Crippen LogP contribution in [0.2, 0.25) is 0 Å². The van der Waals surface area contributed by atoms with E-state index in [1.165, 1.54) is 12.0 Å². The Balaban J connectivity index is 1.47. The molecule has 0 bridgehead atoms. The van der Waals surface area contributed by atoms with Gasteiger partial charge in [-0.15, -0.1) is 0 Å². The molecule has 0 aliphatic carbocycles. The van der Waals surface area contributed by atoms with Crippen LogP contribution in [-0.2, 0) is 6.54 Å². The predicted octanol–water partition coefficient (Wildman–Crippen LogP) is 3.13. The zero-order valence-electron chi connectivity index (χ0n) is 15.0. The van der Waals surface area contributed by atoms with Crippen LogP contribution in [0.15, 0.2) is 59.4 Å². The molecule has 3 heterocycles. The summed E-state index contributed by atoms with van der Waals surface area (Å²) < 4.78 is 0. The van der Waals surface area contributed by atoms with Gasteiger partial charge in [0.1, 0.15) is 0 Å². The van der Waals surface area contributed by atoms with Crippen molar-refractivity contribution in [2.24, 2.45) is 0 Å². The minimum absolute atomic E-state index is 0.0733. The average Bonchev–Trinajstić information content (AvgIpc) is 3.35. The number of H-pyrrole nitrogens is 2. The van der Waals surface area contributed by atoms with Crippen LogP contribution in [-0.4, -0.2) is 29.1 Å². The van der Waals surface area contributed by atoms with E-state index in [0.717, 1.165) is 47.1 Å². The number of hydrogen-bond acceptors (Lipinski definition) is 3. The molecule has 1 aliphatic heterocycles. The maximum atomic E-state index is 12.5. The maximum Gasteiger partial charge on any atom is 0.257 e. The Morgan fingerprint density at radius 2 is 1.85 bits per heavy atom. The molecule has 4 aromatic rings. The van der Waals surface area contributed by atoms with E-state index in [9.17, 15) is 4.79 Å². The Labute approximate surface area is 156 Å². The van der Waals surface area contributed by atoms with E-state index >= 15 is 0 Å². The Kier molecular flexibility index (Phi) is 4.03. The van der Waals surface area contributed by atoms with E-state index < -0.39 is 0 Å². The number of para-hydroxylation sites is 1. The second-order valence-corrected chi connectivity index (χ2v) is 7.27. The molecule has 1 saturated heterocycles. The topological polar surface area (TPSA) is 72.7 Å². The molecule has 1 aliphatic rings. The molecule has 1 atom stereocenters. The largest absolute Gasteiger partial charge is 0.354 e. The predicted molar refractivity (Wildman–Crippen MR) is 110 cm³/mol. The second-order valence-electron chi connectivity index (χ2n) is 7.27. The van der Waals surface area contributed by atoms with Gasteiger partial charge in [-0.25, -0.2) is 0 Å². The number of hydrogen-bond donors (Lipinski definition) is 4. The number of aromatic amines is 2. The van der Waals surface area contributed by atoms with Crippen LogP contribution in [0.25, 0.3) is 33.1 Å². The Bertz CT molecular complexity index is 1170. The summed E-state index contributed by atoms with van der Waals surface area (Å²) in [5.74, 6) is 0. The molecule has 1 fully saturated rings. The van der Waals surface area contributed by atoms with Crippen molar-refractivity contribution in [3.05, 3.63) is 70.5 Å². The summed E-state index contributed by atoms with van der Waals surface area (Å²) in [6.45, 7) is 3.00. The third-order valence-corrected chi connectivity index (χ3v) is 5.38. The summed E-state index contributed by atoms with van der Waals surface area (Å²) in [5.41, 5.74) is 4.60. The number of fused-ring (bicyclic) bond motifs is 2. The van der Waals surface area contributed by atoms with Crippen LogP contribution in [0.1, 0.15) is 12.0 Å². The lowest BCUT2D eigenvalue weighted by Gasteiger charge is -2.11. The normalized spacial score (nSPS) is 17.1. The molecular weight excluding hydrogens is 336 g/mol. The molecule has 0 radical (unpaired) electrons. The van der Waals surface area contributed by atoms with Crippen molar-refractivity contribution in [3.63, 3.8) is 0 Å². The first kappa shape index (κ1) is 16.3. The lowest BCUT2D eigenvalue weighted by atomic mass is 10.1. The SMILES string of the molecule is O=c1[nH]c2ccccc2cc1-c1cc2cc(CNC3CCNC3)ccc2[nH]1. The van der Waals surface area contributed by atoms with Crippen molar-refractivity contribution in [1.29, 1.82) is 0 Å². The fourth-order valence-electron chi connectivity index (χ4n) is 3.88. The number of benzene rings is 2. The fraction of sp³-hybridized carbons (Fsp3) is 0.227. The number of nitrogens with one attached hydrogen (secondary N) is 4. The highest BCUT2D eigenvalue weighted by Crippen LogP contribution is 2.24. The number of aromatic nitrogens is 2. The molecule has 5 nitrogen and oxygen atoms in total. The average molecular weight is 358 g/mol. The molecule has 5 rings (SSSR count). The summed E-state index contributed by atoms with van der Waals surface area (Å²) in [6, 6.07) is 18.8. The molecule has 2 aromatic carbocycles. The van der Waals surface area contributed by atoms with Crippen LogP contribution in [0.5, 0.6) is 0 Å². The Morgan fingerprint density at radius 1 is 0.963 bits per heavy atom. The molecule has 2 aromatic heterocycles. The minimum Gasteiger partial charge on any atom is -0.354 e. The van der Waals surface area contributed by atoms with Gasteiger partial charge in [-0.2, -0.15) is 0 Å². The zero-order valence-corrected chi connectivity index (χ0v) is 15.0. The maximum absolute atomic E-state index is 12.5. The third kappa shape index (κ3) is 3.16. The first-order valence-corrected chi connectivity index (χ1v) is 9.44. The minimum atomic E-state index is -0.0733. The zero-order chi connectivity index (χ0) is 18.2. The van der Waals surface area contributed by atoms with Crippen molar-refractivity contribution in [2.45, 2.75) is 19.0 Å². The number of rotatable bonds is 4. The van der Waals surface area contributed by atoms with E-state index in [4.69, 9.17) is 0 Å². The second kappa shape index (κ2) is 6.68. The van der Waals surface area contributed by atoms with Crippen LogP contribution in [0, 0.1) is 0 Å². The molecule has 0 spiro atoms. The standard InChI is InChI=1S/C22H22N4O/c27-22-18(10-15-3-1-2-4-19(15)26-22)21-11-16-9-14(5-6-20(16)25-21)12-24-17-7-8-23-13-17/h1-6,9-11,17,23-25H,7-8,12-13H2,(H,26,27). The highest BCUT2D eigenvalue weighted by molar-refractivity contribution is 5.89. The molecule has 5 heteroatoms. The van der Waals surface area contributed by atoms with Crippen LogP contribution < -0.4 is 16.2 Å². The van der Waals surface area contributed by atoms with Gasteiger partial charge in [-0.1, -0.05) is 24.3 Å². The molecule has 0 saturated carbocycles. The van der Waals surface area contributed by atoms with Crippen LogP contribution in [0.3, 0.4) is 0 Å². The van der Waals surface area contributed by atoms with Gasteiger partial charge >= 0.3 is 0 Å². The lowest BCUT2D eigenvalue weighted by Crippen LogP contribution is -2.30. The molecule has 0 amide bonds. The molecule has 136 valence electrons. The van der Waals surface area contributed by atoms with Gasteiger partial charge in [0.25, 0.3) is 5.56 Å². The fourth-order valence-corrected chi connectivity index (χ4v) is 3.88. The van der Waals surface area contributed by atoms with E-state index in [2.05, 4.69) is 44.9 Å². The Hall–Kier alpha value is -2.89. The summed E-state index contributed by atoms with van der Waals surface area (Å²) in [6.07, 6.45) is 1.18. The van der Waals surface area contributed by atoms with Gasteiger partial charge < -0.3 is 20.6 Å². The molecule has 27 heavy (non-hydrogen) atoms. The van der Waals surface area contributed by atoms with Gasteiger partial charge in [-0.3, -0.25) is 4.79 Å². The van der Waals surface area contributed by atoms with Crippen molar-refractivity contribution < 1.29 is 0 Å². The van der Waals surface area contributed by atoms with E-state index in [1.54, 1.807) is 0 Å². The van der Waals surface area contributed by atoms with Gasteiger partial charge in [0.05, 0.1) is 11.3 Å². The van der Waals surface area contributed by atoms with Crippen molar-refractivity contribution in [1.82, 2.24) is 20.6 Å². The Morgan fingerprint density at radius 3 is 2.74 bits per heavy atom. The lowest BCUT2D eigenvalue weighted by molar-refractivity contribution is 0.547.